The van der Waals surface area contributed by atoms with Gasteiger partial charge < -0.3 is 5.11 Å². The number of rotatable bonds is 4. The number of halogens is 1. The van der Waals surface area contributed by atoms with Crippen LogP contribution in [0.2, 0.25) is 5.15 Å². The monoisotopic (exact) mass is 328 g/mol. The van der Waals surface area contributed by atoms with Crippen molar-refractivity contribution < 1.29 is 5.11 Å². The van der Waals surface area contributed by atoms with Gasteiger partial charge in [-0.1, -0.05) is 41.4 Å². The maximum Gasteiger partial charge on any atom is 0.138 e. The Morgan fingerprint density at radius 2 is 2.04 bits per heavy atom. The Bertz CT molecular complexity index is 811. The van der Waals surface area contributed by atoms with E-state index >= 15 is 0 Å². The number of aryl methyl sites for hydroxylation is 2. The highest BCUT2D eigenvalue weighted by atomic mass is 35.5. The van der Waals surface area contributed by atoms with Crippen LogP contribution in [-0.2, 0) is 6.54 Å². The Morgan fingerprint density at radius 1 is 1.22 bits per heavy atom. The molecule has 0 amide bonds. The van der Waals surface area contributed by atoms with Gasteiger partial charge in [-0.25, -0.2) is 9.97 Å². The molecular formula is C17H17ClN4O. The van der Waals surface area contributed by atoms with E-state index in [9.17, 15) is 5.11 Å². The largest absolute Gasteiger partial charge is 0.382 e. The van der Waals surface area contributed by atoms with Gasteiger partial charge in [0.2, 0.25) is 0 Å². The smallest absolute Gasteiger partial charge is 0.138 e. The van der Waals surface area contributed by atoms with Crippen LogP contribution in [0.1, 0.15) is 34.2 Å². The zero-order valence-corrected chi connectivity index (χ0v) is 13.7. The van der Waals surface area contributed by atoms with Gasteiger partial charge in [-0.2, -0.15) is 5.10 Å². The second-order valence-electron chi connectivity index (χ2n) is 5.49. The number of nitrogens with zero attached hydrogens (tertiary/aromatic N) is 4. The SMILES string of the molecule is Cc1cccc(Cn2ccc(C(O)c3c(C)ncnc3Cl)n2)c1. The summed E-state index contributed by atoms with van der Waals surface area (Å²) in [5, 5.41) is 15.2. The predicted octanol–water partition coefficient (Wildman–Crippen LogP) is 3.07. The number of aliphatic hydroxyl groups excluding tert-OH is 1. The third kappa shape index (κ3) is 3.41. The van der Waals surface area contributed by atoms with E-state index in [0.29, 0.717) is 23.5 Å². The maximum absolute atomic E-state index is 10.5. The van der Waals surface area contributed by atoms with Crippen LogP contribution in [0.3, 0.4) is 0 Å². The molecule has 2 aromatic heterocycles. The van der Waals surface area contributed by atoms with Crippen LogP contribution in [0.4, 0.5) is 0 Å². The van der Waals surface area contributed by atoms with Gasteiger partial charge in [-0.05, 0) is 25.5 Å². The third-order valence-corrected chi connectivity index (χ3v) is 3.98. The summed E-state index contributed by atoms with van der Waals surface area (Å²) in [6.45, 7) is 4.49. The second kappa shape index (κ2) is 6.48. The van der Waals surface area contributed by atoms with Gasteiger partial charge in [-0.15, -0.1) is 0 Å². The molecule has 0 fully saturated rings. The molecule has 0 aliphatic rings. The molecule has 5 nitrogen and oxygen atoms in total. The van der Waals surface area contributed by atoms with Gasteiger partial charge in [-0.3, -0.25) is 4.68 Å². The average Bonchev–Trinajstić information content (AvgIpc) is 2.95. The summed E-state index contributed by atoms with van der Waals surface area (Å²) in [6, 6.07) is 10.0. The van der Waals surface area contributed by atoms with E-state index in [0.717, 1.165) is 5.56 Å². The van der Waals surface area contributed by atoms with Crippen molar-refractivity contribution in [1.82, 2.24) is 19.7 Å². The Hall–Kier alpha value is -2.24. The molecule has 0 saturated carbocycles. The molecule has 1 atom stereocenters. The van der Waals surface area contributed by atoms with Crippen LogP contribution in [0.5, 0.6) is 0 Å². The lowest BCUT2D eigenvalue weighted by Gasteiger charge is -2.11. The highest BCUT2D eigenvalue weighted by molar-refractivity contribution is 6.30. The zero-order chi connectivity index (χ0) is 16.4. The summed E-state index contributed by atoms with van der Waals surface area (Å²) in [5.41, 5.74) is 4.03. The van der Waals surface area contributed by atoms with Crippen molar-refractivity contribution in [1.29, 1.82) is 0 Å². The van der Waals surface area contributed by atoms with Crippen molar-refractivity contribution in [3.63, 3.8) is 0 Å². The first-order valence-electron chi connectivity index (χ1n) is 7.28. The number of hydrogen-bond donors (Lipinski definition) is 1. The summed E-state index contributed by atoms with van der Waals surface area (Å²) in [6.07, 6.45) is 2.28. The van der Waals surface area contributed by atoms with Gasteiger partial charge in [0.05, 0.1) is 12.2 Å². The van der Waals surface area contributed by atoms with Crippen molar-refractivity contribution in [2.24, 2.45) is 0 Å². The summed E-state index contributed by atoms with van der Waals surface area (Å²) in [5.74, 6) is 0. The fraction of sp³-hybridized carbons (Fsp3) is 0.235. The summed E-state index contributed by atoms with van der Waals surface area (Å²) >= 11 is 6.08. The summed E-state index contributed by atoms with van der Waals surface area (Å²) in [7, 11) is 0. The molecule has 1 unspecified atom stereocenters. The third-order valence-electron chi connectivity index (χ3n) is 3.68. The Morgan fingerprint density at radius 3 is 2.78 bits per heavy atom. The van der Waals surface area contributed by atoms with Crippen LogP contribution in [0, 0.1) is 13.8 Å². The van der Waals surface area contributed by atoms with Crippen LogP contribution < -0.4 is 0 Å². The molecule has 0 bridgehead atoms. The van der Waals surface area contributed by atoms with Crippen molar-refractivity contribution in [3.8, 4) is 0 Å². The van der Waals surface area contributed by atoms with Gasteiger partial charge in [0, 0.05) is 17.5 Å². The molecule has 3 rings (SSSR count). The molecule has 6 heteroatoms. The summed E-state index contributed by atoms with van der Waals surface area (Å²) in [4.78, 5) is 8.01. The molecule has 1 N–H and O–H groups in total. The Balaban J connectivity index is 1.84. The lowest BCUT2D eigenvalue weighted by atomic mass is 10.1. The first-order valence-corrected chi connectivity index (χ1v) is 7.66. The van der Waals surface area contributed by atoms with Crippen molar-refractivity contribution >= 4 is 11.6 Å². The fourth-order valence-electron chi connectivity index (χ4n) is 2.52. The highest BCUT2D eigenvalue weighted by Gasteiger charge is 2.20. The Labute approximate surface area is 139 Å². The number of hydrogen-bond acceptors (Lipinski definition) is 4. The van der Waals surface area contributed by atoms with Gasteiger partial charge in [0.25, 0.3) is 0 Å². The molecule has 0 aliphatic heterocycles. The predicted molar refractivity (Wildman–Crippen MR) is 88.3 cm³/mol. The molecule has 0 saturated heterocycles. The zero-order valence-electron chi connectivity index (χ0n) is 12.9. The lowest BCUT2D eigenvalue weighted by molar-refractivity contribution is 0.212. The maximum atomic E-state index is 10.5. The van der Waals surface area contributed by atoms with Crippen LogP contribution in [0.25, 0.3) is 0 Å². The van der Waals surface area contributed by atoms with E-state index in [4.69, 9.17) is 11.6 Å². The molecule has 0 radical (unpaired) electrons. The van der Waals surface area contributed by atoms with Gasteiger partial charge in [0.15, 0.2) is 0 Å². The standard InChI is InChI=1S/C17H17ClN4O/c1-11-4-3-5-13(8-11)9-22-7-6-14(21-22)16(23)15-12(2)19-10-20-17(15)18/h3-8,10,16,23H,9H2,1-2H3. The highest BCUT2D eigenvalue weighted by Crippen LogP contribution is 2.27. The topological polar surface area (TPSA) is 63.8 Å². The molecule has 0 spiro atoms. The molecule has 1 aromatic carbocycles. The number of aromatic nitrogens is 4. The molecule has 118 valence electrons. The first kappa shape index (κ1) is 15.6. The van der Waals surface area contributed by atoms with E-state index in [-0.39, 0.29) is 5.15 Å². The van der Waals surface area contributed by atoms with E-state index in [1.807, 2.05) is 12.3 Å². The minimum absolute atomic E-state index is 0.248. The number of benzene rings is 1. The lowest BCUT2D eigenvalue weighted by Crippen LogP contribution is -2.08. The van der Waals surface area contributed by atoms with E-state index < -0.39 is 6.10 Å². The van der Waals surface area contributed by atoms with E-state index in [2.05, 4.69) is 40.2 Å². The molecule has 0 aliphatic carbocycles. The Kier molecular flexibility index (Phi) is 4.41. The minimum Gasteiger partial charge on any atom is -0.382 e. The van der Waals surface area contributed by atoms with Crippen molar-refractivity contribution in [2.45, 2.75) is 26.5 Å². The van der Waals surface area contributed by atoms with Crippen LogP contribution >= 0.6 is 11.6 Å². The van der Waals surface area contributed by atoms with Gasteiger partial charge in [0.1, 0.15) is 17.6 Å². The normalized spacial score (nSPS) is 12.3. The molecule has 23 heavy (non-hydrogen) atoms. The quantitative estimate of drug-likeness (QED) is 0.748. The van der Waals surface area contributed by atoms with Crippen LogP contribution in [-0.4, -0.2) is 24.9 Å². The van der Waals surface area contributed by atoms with E-state index in [1.165, 1.54) is 11.9 Å². The fourth-order valence-corrected chi connectivity index (χ4v) is 2.81. The molecule has 2 heterocycles. The first-order chi connectivity index (χ1) is 11.0. The van der Waals surface area contributed by atoms with Crippen LogP contribution in [0.15, 0.2) is 42.9 Å². The second-order valence-corrected chi connectivity index (χ2v) is 5.85. The molecular weight excluding hydrogens is 312 g/mol. The minimum atomic E-state index is -0.942. The molecule has 3 aromatic rings. The van der Waals surface area contributed by atoms with E-state index in [1.54, 1.807) is 17.7 Å². The average molecular weight is 329 g/mol. The summed E-state index contributed by atoms with van der Waals surface area (Å²) < 4.78 is 1.79. The number of aliphatic hydroxyl groups is 1. The van der Waals surface area contributed by atoms with Gasteiger partial charge >= 0.3 is 0 Å². The van der Waals surface area contributed by atoms with Crippen molar-refractivity contribution in [3.05, 3.63) is 76.1 Å². The van der Waals surface area contributed by atoms with Crippen molar-refractivity contribution in [2.75, 3.05) is 0 Å².